The lowest BCUT2D eigenvalue weighted by molar-refractivity contribution is -0.117. The molecular formula is C57H44N2O2. The van der Waals surface area contributed by atoms with E-state index in [-0.39, 0.29) is 17.5 Å². The van der Waals surface area contributed by atoms with E-state index in [2.05, 4.69) is 192 Å². The molecule has 0 atom stereocenters. The Bertz CT molecular complexity index is 3000. The molecule has 7 aromatic carbocycles. The molecule has 0 saturated heterocycles. The lowest BCUT2D eigenvalue weighted by atomic mass is 9.71. The number of ketones is 2. The Morgan fingerprint density at radius 3 is 1.33 bits per heavy atom. The molecule has 0 fully saturated rings. The quantitative estimate of drug-likeness (QED) is 0.164. The summed E-state index contributed by atoms with van der Waals surface area (Å²) in [6, 6.07) is 65.2. The number of rotatable bonds is 7. The normalized spacial score (nSPS) is 16.1. The molecular weight excluding hydrogens is 745 g/mol. The van der Waals surface area contributed by atoms with Crippen LogP contribution >= 0.6 is 0 Å². The van der Waals surface area contributed by atoms with Crippen molar-refractivity contribution in [1.82, 2.24) is 9.88 Å². The van der Waals surface area contributed by atoms with Gasteiger partial charge in [0.05, 0.1) is 11.0 Å². The molecule has 0 spiro atoms. The molecule has 0 amide bonds. The predicted octanol–water partition coefficient (Wildman–Crippen LogP) is 13.2. The number of nitrogens with one attached hydrogen (secondary N) is 1. The van der Waals surface area contributed by atoms with E-state index in [0.717, 1.165) is 104 Å². The molecule has 0 bridgehead atoms. The molecule has 8 aromatic rings. The highest BCUT2D eigenvalue weighted by atomic mass is 16.1. The molecule has 0 unspecified atom stereocenters. The van der Waals surface area contributed by atoms with Crippen LogP contribution in [0.2, 0.25) is 0 Å². The largest absolute Gasteiger partial charge is 0.362 e. The number of hydrogen-bond acceptors (Lipinski definition) is 3. The maximum Gasteiger partial charge on any atom is 0.161 e. The highest BCUT2D eigenvalue weighted by Gasteiger charge is 2.40. The van der Waals surface area contributed by atoms with Crippen LogP contribution in [0.4, 0.5) is 0 Å². The third kappa shape index (κ3) is 6.47. The van der Waals surface area contributed by atoms with Crippen LogP contribution in [0.3, 0.4) is 0 Å². The summed E-state index contributed by atoms with van der Waals surface area (Å²) in [5.41, 5.74) is 17.2. The second kappa shape index (κ2) is 15.4. The maximum absolute atomic E-state index is 13.4. The number of nitrogens with zero attached hydrogens (tertiary/aromatic N) is 1. The fraction of sp³-hybridized carbons (Fsp3) is 0.123. The van der Waals surface area contributed by atoms with Gasteiger partial charge >= 0.3 is 0 Å². The molecule has 0 radical (unpaired) electrons. The second-order valence-electron chi connectivity index (χ2n) is 16.5. The number of hydrogen-bond donors (Lipinski definition) is 1. The summed E-state index contributed by atoms with van der Waals surface area (Å²) in [7, 11) is 0. The van der Waals surface area contributed by atoms with Crippen LogP contribution in [-0.2, 0) is 9.59 Å². The summed E-state index contributed by atoms with van der Waals surface area (Å²) in [5, 5.41) is 6.04. The minimum Gasteiger partial charge on any atom is -0.362 e. The van der Waals surface area contributed by atoms with Crippen molar-refractivity contribution in [2.24, 2.45) is 0 Å². The SMILES string of the molecule is O=C1CCCC2=C1C(c1ccc(-c3ccc(/C(=C(\c4ccccc4)c4ccc(-n5c6ccccc6c6ccccc65)cc4)c4ccccc4)cc3)cc1)C1=C(CCCC1=O)N2. The Labute approximate surface area is 356 Å². The number of allylic oxidation sites excluding steroid dienone is 4. The first-order valence-electron chi connectivity index (χ1n) is 21.5. The van der Waals surface area contributed by atoms with Crippen LogP contribution in [0.25, 0.3) is 49.8 Å². The Kier molecular flexibility index (Phi) is 9.27. The smallest absolute Gasteiger partial charge is 0.161 e. The van der Waals surface area contributed by atoms with E-state index in [9.17, 15) is 9.59 Å². The van der Waals surface area contributed by atoms with E-state index in [0.29, 0.717) is 12.8 Å². The first kappa shape index (κ1) is 36.8. The Morgan fingerprint density at radius 1 is 0.426 bits per heavy atom. The fourth-order valence-corrected chi connectivity index (χ4v) is 10.1. The van der Waals surface area contributed by atoms with Gasteiger partial charge in [-0.05, 0) is 100 Å². The van der Waals surface area contributed by atoms with Crippen molar-refractivity contribution in [1.29, 1.82) is 0 Å². The van der Waals surface area contributed by atoms with Gasteiger partial charge in [-0.2, -0.15) is 0 Å². The van der Waals surface area contributed by atoms with E-state index >= 15 is 0 Å². The van der Waals surface area contributed by atoms with E-state index < -0.39 is 0 Å². The molecule has 61 heavy (non-hydrogen) atoms. The molecule has 2 heterocycles. The number of para-hydroxylation sites is 2. The second-order valence-corrected chi connectivity index (χ2v) is 16.5. The van der Waals surface area contributed by atoms with Gasteiger partial charge in [-0.1, -0.05) is 158 Å². The van der Waals surface area contributed by atoms with Crippen LogP contribution in [0.5, 0.6) is 0 Å². The molecule has 2 aliphatic carbocycles. The van der Waals surface area contributed by atoms with Gasteiger partial charge in [-0.25, -0.2) is 0 Å². The molecule has 0 saturated carbocycles. The van der Waals surface area contributed by atoms with E-state index in [1.54, 1.807) is 0 Å². The Balaban J connectivity index is 0.991. The molecule has 1 aliphatic heterocycles. The summed E-state index contributed by atoms with van der Waals surface area (Å²) in [5.74, 6) is 0.0356. The number of dihydropyridines is 1. The van der Waals surface area contributed by atoms with Gasteiger partial charge in [0, 0.05) is 57.8 Å². The molecule has 3 aliphatic rings. The first-order valence-corrected chi connectivity index (χ1v) is 21.5. The van der Waals surface area contributed by atoms with Gasteiger partial charge in [0.1, 0.15) is 0 Å². The summed E-state index contributed by atoms with van der Waals surface area (Å²) < 4.78 is 2.37. The van der Waals surface area contributed by atoms with Crippen molar-refractivity contribution in [3.63, 3.8) is 0 Å². The zero-order chi connectivity index (χ0) is 40.9. The zero-order valence-corrected chi connectivity index (χ0v) is 33.9. The van der Waals surface area contributed by atoms with Gasteiger partial charge in [0.2, 0.25) is 0 Å². The minimum atomic E-state index is -0.297. The molecule has 4 heteroatoms. The lowest BCUT2D eigenvalue weighted by Crippen LogP contribution is -2.36. The van der Waals surface area contributed by atoms with Gasteiger partial charge in [-0.15, -0.1) is 0 Å². The molecule has 1 aromatic heterocycles. The van der Waals surface area contributed by atoms with Gasteiger partial charge in [-0.3, -0.25) is 9.59 Å². The van der Waals surface area contributed by atoms with E-state index in [1.165, 1.54) is 21.8 Å². The Morgan fingerprint density at radius 2 is 0.836 bits per heavy atom. The molecule has 294 valence electrons. The van der Waals surface area contributed by atoms with Crippen LogP contribution < -0.4 is 5.32 Å². The summed E-state index contributed by atoms with van der Waals surface area (Å²) in [6.07, 6.45) is 4.49. The van der Waals surface area contributed by atoms with Crippen molar-refractivity contribution in [3.8, 4) is 16.8 Å². The number of fused-ring (bicyclic) bond motifs is 3. The number of aromatic nitrogens is 1. The zero-order valence-electron chi connectivity index (χ0n) is 33.9. The highest BCUT2D eigenvalue weighted by molar-refractivity contribution is 6.10. The van der Waals surface area contributed by atoms with Gasteiger partial charge in [0.25, 0.3) is 0 Å². The van der Waals surface area contributed by atoms with Crippen LogP contribution in [0, 0.1) is 0 Å². The minimum absolute atomic E-state index is 0.166. The van der Waals surface area contributed by atoms with E-state index in [4.69, 9.17) is 0 Å². The molecule has 11 rings (SSSR count). The van der Waals surface area contributed by atoms with Crippen molar-refractivity contribution in [3.05, 3.63) is 232 Å². The Hall–Kier alpha value is -7.30. The average Bonchev–Trinajstić information content (AvgIpc) is 3.65. The van der Waals surface area contributed by atoms with Gasteiger partial charge in [0.15, 0.2) is 11.6 Å². The van der Waals surface area contributed by atoms with Crippen molar-refractivity contribution < 1.29 is 9.59 Å². The molecule has 4 nitrogen and oxygen atoms in total. The van der Waals surface area contributed by atoms with E-state index in [1.807, 2.05) is 0 Å². The monoisotopic (exact) mass is 788 g/mol. The fourth-order valence-electron chi connectivity index (χ4n) is 10.1. The van der Waals surface area contributed by atoms with Crippen LogP contribution in [0.1, 0.15) is 72.3 Å². The summed E-state index contributed by atoms with van der Waals surface area (Å²) in [6.45, 7) is 0. The van der Waals surface area contributed by atoms with Gasteiger partial charge < -0.3 is 9.88 Å². The summed E-state index contributed by atoms with van der Waals surface area (Å²) in [4.78, 5) is 26.8. The average molecular weight is 789 g/mol. The van der Waals surface area contributed by atoms with Crippen molar-refractivity contribution in [2.75, 3.05) is 0 Å². The lowest BCUT2D eigenvalue weighted by Gasteiger charge is -2.37. The topological polar surface area (TPSA) is 51.1 Å². The maximum atomic E-state index is 13.4. The predicted molar refractivity (Wildman–Crippen MR) is 248 cm³/mol. The van der Waals surface area contributed by atoms with Crippen molar-refractivity contribution >= 4 is 44.5 Å². The number of Topliss-reactive ketones (excluding diaryl/α,β-unsaturated/α-hetero) is 2. The van der Waals surface area contributed by atoms with Crippen LogP contribution in [-0.4, -0.2) is 16.1 Å². The number of benzene rings is 7. The first-order chi connectivity index (χ1) is 30.1. The third-order valence-electron chi connectivity index (χ3n) is 12.9. The number of carbonyl (C=O) groups excluding carboxylic acids is 2. The third-order valence-corrected chi connectivity index (χ3v) is 12.9. The number of carbonyl (C=O) groups is 2. The van der Waals surface area contributed by atoms with Crippen molar-refractivity contribution in [2.45, 2.75) is 44.4 Å². The standard InChI is InChI=1S/C57H44N2O2/c60-51-23-11-19-47-56(51)55(57-48(58-47)20-12-24-52(57)61)43-31-27-38(28-32-43)37-25-29-41(30-26-37)53(39-13-3-1-4-14-39)54(40-15-5-2-6-16-40)42-33-35-44(36-34-42)59-49-21-9-7-17-45(49)46-18-8-10-22-50(46)59/h1-10,13-18,21-22,25-36,55,58H,11-12,19-20,23-24H2/b54-53+. The molecule has 1 N–H and O–H groups in total. The highest BCUT2D eigenvalue weighted by Crippen LogP contribution is 2.46. The summed E-state index contributed by atoms with van der Waals surface area (Å²) >= 11 is 0. The van der Waals surface area contributed by atoms with Crippen LogP contribution in [0.15, 0.2) is 205 Å².